The fourth-order valence-corrected chi connectivity index (χ4v) is 4.40. The van der Waals surface area contributed by atoms with Gasteiger partial charge in [-0.15, -0.1) is 0 Å². The molecule has 3 aromatic rings. The molecule has 194 valence electrons. The summed E-state index contributed by atoms with van der Waals surface area (Å²) < 4.78 is 12.5. The monoisotopic (exact) mass is 510 g/mol. The van der Waals surface area contributed by atoms with Gasteiger partial charge in [0.25, 0.3) is 11.8 Å². The Balaban J connectivity index is 1.87. The first-order valence-electron chi connectivity index (χ1n) is 12.5. The third-order valence-corrected chi connectivity index (χ3v) is 6.37. The second-order valence-electron chi connectivity index (χ2n) is 8.90. The highest BCUT2D eigenvalue weighted by Gasteiger charge is 2.35. The number of benzene rings is 2. The Kier molecular flexibility index (Phi) is 8.19. The van der Waals surface area contributed by atoms with Crippen molar-refractivity contribution in [3.63, 3.8) is 0 Å². The lowest BCUT2D eigenvalue weighted by Gasteiger charge is -2.27. The average Bonchev–Trinajstić information content (AvgIpc) is 3.34. The van der Waals surface area contributed by atoms with E-state index in [0.29, 0.717) is 36.5 Å². The SMILES string of the molecule is CCOc1ccc(-c2nn(-c3ccccc3)cc2/C=C2/C(=O)N(CCCOC)C(=O)C(C#N)=C2C)cc1C. The summed E-state index contributed by atoms with van der Waals surface area (Å²) in [6.07, 6.45) is 4.04. The molecule has 0 atom stereocenters. The maximum atomic E-state index is 13.5. The minimum absolute atomic E-state index is 0.0396. The molecule has 8 nitrogen and oxygen atoms in total. The molecule has 1 aliphatic heterocycles. The number of imide groups is 1. The molecule has 2 amide bonds. The number of hydrogen-bond donors (Lipinski definition) is 0. The summed E-state index contributed by atoms with van der Waals surface area (Å²) in [5.41, 5.74) is 4.62. The molecule has 0 saturated heterocycles. The van der Waals surface area contributed by atoms with E-state index in [4.69, 9.17) is 14.6 Å². The van der Waals surface area contributed by atoms with Crippen molar-refractivity contribution < 1.29 is 19.1 Å². The minimum atomic E-state index is -0.578. The Hall–Kier alpha value is -4.48. The highest BCUT2D eigenvalue weighted by molar-refractivity contribution is 6.19. The van der Waals surface area contributed by atoms with Gasteiger partial charge in [-0.25, -0.2) is 4.68 Å². The maximum absolute atomic E-state index is 13.5. The third-order valence-electron chi connectivity index (χ3n) is 6.37. The summed E-state index contributed by atoms with van der Waals surface area (Å²) in [5.74, 6) is -0.224. The van der Waals surface area contributed by atoms with E-state index >= 15 is 0 Å². The molecule has 2 aromatic carbocycles. The quantitative estimate of drug-likeness (QED) is 0.231. The average molecular weight is 511 g/mol. The number of aryl methyl sites for hydroxylation is 1. The van der Waals surface area contributed by atoms with Crippen molar-refractivity contribution in [2.75, 3.05) is 26.9 Å². The molecule has 4 rings (SSSR count). The lowest BCUT2D eigenvalue weighted by Crippen LogP contribution is -2.43. The molecule has 1 aliphatic rings. The van der Waals surface area contributed by atoms with Gasteiger partial charge in [0.2, 0.25) is 0 Å². The van der Waals surface area contributed by atoms with Crippen LogP contribution in [0.15, 0.2) is 71.4 Å². The van der Waals surface area contributed by atoms with Crippen molar-refractivity contribution in [3.05, 3.63) is 82.6 Å². The molecule has 0 bridgehead atoms. The maximum Gasteiger partial charge on any atom is 0.271 e. The summed E-state index contributed by atoms with van der Waals surface area (Å²) in [6.45, 7) is 6.67. The van der Waals surface area contributed by atoms with Gasteiger partial charge in [-0.1, -0.05) is 18.2 Å². The van der Waals surface area contributed by atoms with Crippen molar-refractivity contribution in [2.24, 2.45) is 0 Å². The first-order chi connectivity index (χ1) is 18.4. The minimum Gasteiger partial charge on any atom is -0.494 e. The molecule has 1 aromatic heterocycles. The first-order valence-corrected chi connectivity index (χ1v) is 12.5. The number of aromatic nitrogens is 2. The van der Waals surface area contributed by atoms with Crippen LogP contribution in [0.3, 0.4) is 0 Å². The van der Waals surface area contributed by atoms with Crippen LogP contribution < -0.4 is 4.74 Å². The zero-order valence-corrected chi connectivity index (χ0v) is 22.0. The number of para-hydroxylation sites is 1. The van der Waals surface area contributed by atoms with E-state index in [1.807, 2.05) is 74.6 Å². The summed E-state index contributed by atoms with van der Waals surface area (Å²) in [6, 6.07) is 17.5. The van der Waals surface area contributed by atoms with Crippen molar-refractivity contribution in [1.82, 2.24) is 14.7 Å². The van der Waals surface area contributed by atoms with Crippen LogP contribution in [0.1, 0.15) is 31.4 Å². The molecule has 0 unspecified atom stereocenters. The molecule has 8 heteroatoms. The number of methoxy groups -OCH3 is 1. The van der Waals surface area contributed by atoms with E-state index in [1.165, 1.54) is 0 Å². The molecular formula is C30H30N4O4. The molecule has 2 heterocycles. The van der Waals surface area contributed by atoms with Gasteiger partial charge in [-0.2, -0.15) is 10.4 Å². The topological polar surface area (TPSA) is 97.4 Å². The Labute approximate surface area is 222 Å². The van der Waals surface area contributed by atoms with Crippen LogP contribution in [-0.2, 0) is 14.3 Å². The van der Waals surface area contributed by atoms with E-state index in [2.05, 4.69) is 0 Å². The Morgan fingerprint density at radius 2 is 1.84 bits per heavy atom. The van der Waals surface area contributed by atoms with E-state index in [-0.39, 0.29) is 17.7 Å². The Morgan fingerprint density at radius 1 is 1.08 bits per heavy atom. The summed E-state index contributed by atoms with van der Waals surface area (Å²) >= 11 is 0. The summed E-state index contributed by atoms with van der Waals surface area (Å²) in [5, 5.41) is 14.6. The normalized spacial score (nSPS) is 14.8. The number of rotatable bonds is 9. The van der Waals surface area contributed by atoms with Gasteiger partial charge in [0.05, 0.1) is 18.0 Å². The van der Waals surface area contributed by atoms with Crippen LogP contribution in [0.4, 0.5) is 0 Å². The number of ether oxygens (including phenoxy) is 2. The number of nitrogens with zero attached hydrogens (tertiary/aromatic N) is 4. The summed E-state index contributed by atoms with van der Waals surface area (Å²) in [4.78, 5) is 27.5. The molecule has 0 radical (unpaired) electrons. The van der Waals surface area contributed by atoms with Crippen LogP contribution in [0.2, 0.25) is 0 Å². The predicted molar refractivity (Wildman–Crippen MR) is 144 cm³/mol. The number of hydrogen-bond acceptors (Lipinski definition) is 6. The van der Waals surface area contributed by atoms with E-state index in [1.54, 1.807) is 24.8 Å². The van der Waals surface area contributed by atoms with Gasteiger partial charge in [0, 0.05) is 43.2 Å². The molecular weight excluding hydrogens is 480 g/mol. The molecule has 0 N–H and O–H groups in total. The zero-order chi connectivity index (χ0) is 27.2. The Bertz CT molecular complexity index is 1460. The highest BCUT2D eigenvalue weighted by Crippen LogP contribution is 2.33. The molecule has 38 heavy (non-hydrogen) atoms. The lowest BCUT2D eigenvalue weighted by atomic mass is 9.93. The standard InChI is InChI=1S/C30H30N4O4/c1-5-38-27-13-12-22(16-20(27)2)28-23(19-34(32-28)24-10-7-6-8-11-24)17-25-21(3)26(18-31)30(36)33(29(25)35)14-9-15-37-4/h6-8,10-13,16-17,19H,5,9,14-15H2,1-4H3/b25-17+. The van der Waals surface area contributed by atoms with Gasteiger partial charge in [-0.3, -0.25) is 14.5 Å². The Morgan fingerprint density at radius 3 is 2.50 bits per heavy atom. The number of nitriles is 1. The molecule has 0 aliphatic carbocycles. The predicted octanol–water partition coefficient (Wildman–Crippen LogP) is 4.88. The van der Waals surface area contributed by atoms with Gasteiger partial charge in [-0.05, 0) is 74.7 Å². The second-order valence-corrected chi connectivity index (χ2v) is 8.90. The van der Waals surface area contributed by atoms with Crippen molar-refractivity contribution >= 4 is 17.9 Å². The number of carbonyl (C=O) groups excluding carboxylic acids is 2. The number of carbonyl (C=O) groups is 2. The van der Waals surface area contributed by atoms with Gasteiger partial charge >= 0.3 is 0 Å². The largest absolute Gasteiger partial charge is 0.494 e. The van der Waals surface area contributed by atoms with E-state index in [9.17, 15) is 14.9 Å². The van der Waals surface area contributed by atoms with E-state index in [0.717, 1.165) is 27.5 Å². The second kappa shape index (κ2) is 11.7. The molecule has 0 fully saturated rings. The fraction of sp³-hybridized carbons (Fsp3) is 0.267. The summed E-state index contributed by atoms with van der Waals surface area (Å²) in [7, 11) is 1.56. The van der Waals surface area contributed by atoms with Crippen molar-refractivity contribution in [2.45, 2.75) is 27.2 Å². The molecule has 0 spiro atoms. The smallest absolute Gasteiger partial charge is 0.271 e. The van der Waals surface area contributed by atoms with Gasteiger partial charge < -0.3 is 9.47 Å². The van der Waals surface area contributed by atoms with Gasteiger partial charge in [0.1, 0.15) is 17.4 Å². The van der Waals surface area contributed by atoms with Crippen LogP contribution in [0.25, 0.3) is 23.0 Å². The van der Waals surface area contributed by atoms with Gasteiger partial charge in [0.15, 0.2) is 0 Å². The van der Waals surface area contributed by atoms with Crippen LogP contribution in [0.5, 0.6) is 5.75 Å². The van der Waals surface area contributed by atoms with E-state index < -0.39 is 11.8 Å². The van der Waals surface area contributed by atoms with Crippen LogP contribution in [0, 0.1) is 18.3 Å². The molecule has 0 saturated carbocycles. The zero-order valence-electron chi connectivity index (χ0n) is 22.0. The lowest BCUT2D eigenvalue weighted by molar-refractivity contribution is -0.140. The third kappa shape index (κ3) is 5.29. The van der Waals surface area contributed by atoms with Crippen molar-refractivity contribution in [3.8, 4) is 28.8 Å². The van der Waals surface area contributed by atoms with Crippen molar-refractivity contribution in [1.29, 1.82) is 5.26 Å². The fourth-order valence-electron chi connectivity index (χ4n) is 4.40. The first kappa shape index (κ1) is 26.6. The number of amides is 2. The highest BCUT2D eigenvalue weighted by atomic mass is 16.5. The van der Waals surface area contributed by atoms with Crippen LogP contribution in [-0.4, -0.2) is 53.4 Å². The van der Waals surface area contributed by atoms with Crippen LogP contribution >= 0.6 is 0 Å².